The van der Waals surface area contributed by atoms with E-state index in [2.05, 4.69) is 15.9 Å². The minimum absolute atomic E-state index is 0.0399. The Bertz CT molecular complexity index is 497. The molecule has 0 fully saturated rings. The number of rotatable bonds is 6. The topological polar surface area (TPSA) is 80.4 Å². The van der Waals surface area contributed by atoms with Crippen molar-refractivity contribution in [3.05, 3.63) is 38.3 Å². The van der Waals surface area contributed by atoms with Crippen LogP contribution in [0.4, 0.5) is 5.69 Å². The van der Waals surface area contributed by atoms with Gasteiger partial charge in [0.1, 0.15) is 0 Å². The third-order valence-corrected chi connectivity index (χ3v) is 4.07. The molecule has 6 heteroatoms. The molecule has 1 N–H and O–H groups in total. The van der Waals surface area contributed by atoms with Gasteiger partial charge in [0.2, 0.25) is 0 Å². The van der Waals surface area contributed by atoms with Crippen molar-refractivity contribution in [3.8, 4) is 0 Å². The molecule has 0 saturated heterocycles. The fourth-order valence-corrected chi connectivity index (χ4v) is 2.45. The fourth-order valence-electron chi connectivity index (χ4n) is 2.10. The first-order chi connectivity index (χ1) is 8.86. The van der Waals surface area contributed by atoms with Gasteiger partial charge in [-0.3, -0.25) is 14.9 Å². The molecule has 0 heterocycles. The number of halogens is 1. The van der Waals surface area contributed by atoms with Crippen LogP contribution in [0.3, 0.4) is 0 Å². The third kappa shape index (κ3) is 3.32. The molecule has 0 aliphatic rings. The number of nitro benzene ring substituents is 1. The number of carboxylic acid groups (broad SMARTS) is 1. The van der Waals surface area contributed by atoms with Crippen molar-refractivity contribution < 1.29 is 14.8 Å². The summed E-state index contributed by atoms with van der Waals surface area (Å²) in [6, 6.07) is 4.72. The molecule has 104 valence electrons. The Hall–Kier alpha value is -1.43. The molecule has 0 bridgehead atoms. The number of carbonyl (C=O) groups is 1. The highest BCUT2D eigenvalue weighted by Gasteiger charge is 2.36. The van der Waals surface area contributed by atoms with Crippen molar-refractivity contribution in [1.82, 2.24) is 0 Å². The number of hydrogen-bond acceptors (Lipinski definition) is 3. The van der Waals surface area contributed by atoms with Gasteiger partial charge in [0.05, 0.1) is 10.3 Å². The van der Waals surface area contributed by atoms with E-state index in [9.17, 15) is 20.0 Å². The van der Waals surface area contributed by atoms with Crippen LogP contribution >= 0.6 is 15.9 Å². The van der Waals surface area contributed by atoms with Gasteiger partial charge < -0.3 is 5.11 Å². The molecule has 0 amide bonds. The number of carboxylic acids is 1. The van der Waals surface area contributed by atoms with Crippen LogP contribution in [0.15, 0.2) is 22.7 Å². The Morgan fingerprint density at radius 3 is 2.42 bits per heavy atom. The molecule has 1 rings (SSSR count). The zero-order valence-corrected chi connectivity index (χ0v) is 12.4. The van der Waals surface area contributed by atoms with E-state index in [0.29, 0.717) is 22.9 Å². The molecule has 0 aliphatic heterocycles. The lowest BCUT2D eigenvalue weighted by Gasteiger charge is -2.26. The Kier molecular flexibility index (Phi) is 5.05. The van der Waals surface area contributed by atoms with Crippen molar-refractivity contribution in [2.75, 3.05) is 0 Å². The molecule has 0 atom stereocenters. The highest BCUT2D eigenvalue weighted by Crippen LogP contribution is 2.35. The third-order valence-electron chi connectivity index (χ3n) is 3.58. The van der Waals surface area contributed by atoms with Gasteiger partial charge in [0.15, 0.2) is 0 Å². The largest absolute Gasteiger partial charge is 0.481 e. The van der Waals surface area contributed by atoms with Crippen molar-refractivity contribution in [1.29, 1.82) is 0 Å². The van der Waals surface area contributed by atoms with Crippen molar-refractivity contribution >= 4 is 27.6 Å². The molecule has 0 aromatic heterocycles. The predicted molar refractivity (Wildman–Crippen MR) is 75.2 cm³/mol. The lowest BCUT2D eigenvalue weighted by molar-refractivity contribution is -0.385. The van der Waals surface area contributed by atoms with E-state index in [1.165, 1.54) is 6.07 Å². The molecular weight excluding hydrogens is 314 g/mol. The second-order valence-electron chi connectivity index (χ2n) is 4.50. The van der Waals surface area contributed by atoms with Crippen molar-refractivity contribution in [2.24, 2.45) is 5.41 Å². The first-order valence-electron chi connectivity index (χ1n) is 6.02. The van der Waals surface area contributed by atoms with Crippen LogP contribution in [0.2, 0.25) is 0 Å². The summed E-state index contributed by atoms with van der Waals surface area (Å²) < 4.78 is 0.608. The Morgan fingerprint density at radius 1 is 1.42 bits per heavy atom. The van der Waals surface area contributed by atoms with E-state index in [4.69, 9.17) is 0 Å². The van der Waals surface area contributed by atoms with Crippen LogP contribution in [0.25, 0.3) is 0 Å². The van der Waals surface area contributed by atoms with Gasteiger partial charge in [-0.05, 0) is 25.3 Å². The van der Waals surface area contributed by atoms with E-state index >= 15 is 0 Å². The maximum Gasteiger partial charge on any atom is 0.309 e. The second kappa shape index (κ2) is 6.14. The molecule has 0 saturated carbocycles. The molecular formula is C13H16BrNO4. The molecule has 1 aromatic rings. The highest BCUT2D eigenvalue weighted by atomic mass is 79.9. The van der Waals surface area contributed by atoms with Crippen LogP contribution in [-0.4, -0.2) is 16.0 Å². The summed E-state index contributed by atoms with van der Waals surface area (Å²) in [6.07, 6.45) is 1.04. The monoisotopic (exact) mass is 329 g/mol. The average molecular weight is 330 g/mol. The van der Waals surface area contributed by atoms with Gasteiger partial charge in [-0.1, -0.05) is 35.8 Å². The number of benzene rings is 1. The minimum Gasteiger partial charge on any atom is -0.481 e. The highest BCUT2D eigenvalue weighted by molar-refractivity contribution is 9.10. The van der Waals surface area contributed by atoms with Crippen molar-refractivity contribution in [2.45, 2.75) is 33.1 Å². The molecule has 5 nitrogen and oxygen atoms in total. The second-order valence-corrected chi connectivity index (χ2v) is 5.42. The molecule has 0 unspecified atom stereocenters. The molecule has 19 heavy (non-hydrogen) atoms. The number of hydrogen-bond donors (Lipinski definition) is 1. The predicted octanol–water partition coefficient (Wildman–Crippen LogP) is 3.79. The zero-order valence-electron chi connectivity index (χ0n) is 10.9. The van der Waals surface area contributed by atoms with Gasteiger partial charge in [-0.25, -0.2) is 0 Å². The van der Waals surface area contributed by atoms with Crippen LogP contribution in [0.1, 0.15) is 32.3 Å². The number of nitro groups is 1. The summed E-state index contributed by atoms with van der Waals surface area (Å²) in [5, 5.41) is 20.4. The summed E-state index contributed by atoms with van der Waals surface area (Å²) in [5.41, 5.74) is -0.528. The average Bonchev–Trinajstić information content (AvgIpc) is 2.37. The summed E-state index contributed by atoms with van der Waals surface area (Å²) in [7, 11) is 0. The molecule has 0 aliphatic carbocycles. The number of nitrogens with zero attached hydrogens (tertiary/aromatic N) is 1. The molecule has 0 radical (unpaired) electrons. The van der Waals surface area contributed by atoms with E-state index in [1.54, 1.807) is 26.0 Å². The van der Waals surface area contributed by atoms with Crippen LogP contribution in [-0.2, 0) is 11.2 Å². The minimum atomic E-state index is -0.946. The van der Waals surface area contributed by atoms with E-state index in [0.717, 1.165) is 0 Å². The Morgan fingerprint density at radius 2 is 2.00 bits per heavy atom. The van der Waals surface area contributed by atoms with Gasteiger partial charge in [0.25, 0.3) is 5.69 Å². The first-order valence-corrected chi connectivity index (χ1v) is 6.81. The van der Waals surface area contributed by atoms with E-state index < -0.39 is 16.3 Å². The first kappa shape index (κ1) is 15.6. The maximum atomic E-state index is 11.5. The lowest BCUT2D eigenvalue weighted by atomic mass is 9.77. The SMILES string of the molecule is CCC(CC)(Cc1ccc(Br)cc1[N+](=O)[O-])C(=O)O. The molecule has 1 aromatic carbocycles. The van der Waals surface area contributed by atoms with Crippen LogP contribution in [0, 0.1) is 15.5 Å². The van der Waals surface area contributed by atoms with Crippen molar-refractivity contribution in [3.63, 3.8) is 0 Å². The summed E-state index contributed by atoms with van der Waals surface area (Å²) >= 11 is 3.19. The Labute approximate surface area is 119 Å². The van der Waals surface area contributed by atoms with Crippen LogP contribution < -0.4 is 0 Å². The Balaban J connectivity index is 3.24. The van der Waals surface area contributed by atoms with Crippen LogP contribution in [0.5, 0.6) is 0 Å². The maximum absolute atomic E-state index is 11.5. The number of aliphatic carboxylic acids is 1. The fraction of sp³-hybridized carbons (Fsp3) is 0.462. The van der Waals surface area contributed by atoms with E-state index in [-0.39, 0.29) is 12.1 Å². The van der Waals surface area contributed by atoms with Gasteiger partial charge in [-0.2, -0.15) is 0 Å². The quantitative estimate of drug-likeness (QED) is 0.635. The van der Waals surface area contributed by atoms with Gasteiger partial charge >= 0.3 is 5.97 Å². The standard InChI is InChI=1S/C13H16BrNO4/c1-3-13(4-2,12(16)17)8-9-5-6-10(14)7-11(9)15(18)19/h5-7H,3-4,8H2,1-2H3,(H,16,17). The smallest absolute Gasteiger partial charge is 0.309 e. The normalized spacial score (nSPS) is 11.3. The zero-order chi connectivity index (χ0) is 14.6. The molecule has 0 spiro atoms. The summed E-state index contributed by atoms with van der Waals surface area (Å²) in [6.45, 7) is 3.59. The lowest BCUT2D eigenvalue weighted by Crippen LogP contribution is -2.32. The summed E-state index contributed by atoms with van der Waals surface area (Å²) in [5.74, 6) is -0.908. The summed E-state index contributed by atoms with van der Waals surface area (Å²) in [4.78, 5) is 22.0. The van der Waals surface area contributed by atoms with Gasteiger partial charge in [-0.15, -0.1) is 0 Å². The van der Waals surface area contributed by atoms with Gasteiger partial charge in [0, 0.05) is 16.1 Å². The van der Waals surface area contributed by atoms with E-state index in [1.807, 2.05) is 0 Å².